The zero-order chi connectivity index (χ0) is 27.2. The third-order valence-corrected chi connectivity index (χ3v) is 6.53. The summed E-state index contributed by atoms with van der Waals surface area (Å²) in [7, 11) is 0. The molecule has 1 rings (SSSR count). The van der Waals surface area contributed by atoms with Crippen LogP contribution in [0.5, 0.6) is 0 Å². The largest absolute Gasteiger partial charge is 0.237 e. The van der Waals surface area contributed by atoms with Gasteiger partial charge in [0.15, 0.2) is 6.17 Å². The highest BCUT2D eigenvalue weighted by molar-refractivity contribution is 5.51. The molecule has 196 valence electrons. The van der Waals surface area contributed by atoms with E-state index in [4.69, 9.17) is 0 Å². The van der Waals surface area contributed by atoms with E-state index in [0.29, 0.717) is 6.42 Å². The van der Waals surface area contributed by atoms with Crippen molar-refractivity contribution < 1.29 is 19.2 Å². The lowest BCUT2D eigenvalue weighted by molar-refractivity contribution is 0.516. The first-order valence-electron chi connectivity index (χ1n) is 12.7. The molecule has 0 spiro atoms. The quantitative estimate of drug-likeness (QED) is 0.147. The number of hydrogen-bond donors (Lipinski definition) is 0. The van der Waals surface area contributed by atoms with Crippen molar-refractivity contribution in [2.45, 2.75) is 118 Å². The topological polar surface area (TPSA) is 118 Å². The highest BCUT2D eigenvalue weighted by Crippen LogP contribution is 2.27. The maximum Gasteiger partial charge on any atom is 0.237 e. The van der Waals surface area contributed by atoms with E-state index in [1.54, 1.807) is 12.2 Å². The molecule has 8 nitrogen and oxygen atoms in total. The molecule has 36 heavy (non-hydrogen) atoms. The van der Waals surface area contributed by atoms with Gasteiger partial charge in [-0.25, -0.2) is 29.2 Å². The average Bonchev–Trinajstić information content (AvgIpc) is 2.88. The van der Waals surface area contributed by atoms with Gasteiger partial charge in [0.2, 0.25) is 24.3 Å². The number of nitrogens with zero attached hydrogens (tertiary/aromatic N) is 4. The van der Waals surface area contributed by atoms with Crippen molar-refractivity contribution in [3.8, 4) is 0 Å². The number of benzene rings is 1. The van der Waals surface area contributed by atoms with Crippen LogP contribution in [0.3, 0.4) is 0 Å². The number of unbranched alkanes of at least 4 members (excludes halogenated alkanes) is 8. The molecule has 0 bridgehead atoms. The second kappa shape index (κ2) is 21.1. The smallest absolute Gasteiger partial charge is 0.211 e. The van der Waals surface area contributed by atoms with E-state index in [1.807, 2.05) is 27.7 Å². The molecule has 0 aliphatic carbocycles. The van der Waals surface area contributed by atoms with E-state index in [9.17, 15) is 19.2 Å². The predicted octanol–water partition coefficient (Wildman–Crippen LogP) is 6.50. The van der Waals surface area contributed by atoms with Gasteiger partial charge in [0.1, 0.15) is 0 Å². The highest BCUT2D eigenvalue weighted by atomic mass is 16.1. The van der Waals surface area contributed by atoms with Gasteiger partial charge in [-0.3, -0.25) is 0 Å². The Labute approximate surface area is 215 Å². The van der Waals surface area contributed by atoms with Crippen LogP contribution < -0.4 is 0 Å². The molecule has 0 fully saturated rings. The maximum atomic E-state index is 10.3. The van der Waals surface area contributed by atoms with Crippen molar-refractivity contribution in [1.82, 2.24) is 0 Å². The number of carbonyl (C=O) groups excluding carboxylic acids is 4. The number of hydrogen-bond acceptors (Lipinski definition) is 8. The zero-order valence-electron chi connectivity index (χ0n) is 22.5. The lowest BCUT2D eigenvalue weighted by atomic mass is 9.89. The first kappa shape index (κ1) is 32.7. The Morgan fingerprint density at radius 2 is 0.944 bits per heavy atom. The van der Waals surface area contributed by atoms with Crippen LogP contribution in [0, 0.1) is 27.7 Å². The summed E-state index contributed by atoms with van der Waals surface area (Å²) in [6, 6.07) is 0. The molecule has 0 aliphatic rings. The molecule has 0 unspecified atom stereocenters. The summed E-state index contributed by atoms with van der Waals surface area (Å²) in [5.74, 6) is 0. The lowest BCUT2D eigenvalue weighted by Gasteiger charge is -2.18. The second-order valence-electron chi connectivity index (χ2n) is 8.81. The standard InChI is InChI=1S/C14H16N2O2.C14H24N2O2/c1-9-10(2)12(4)14(6-16-8-18)13(11(9)3)5-15-7-17;1-2-3-4-5-6-7-8-9-10-11-14(15-12-17)16-13-18/h5-6H2,1-4H3;14H,2-11H2,1H3. The van der Waals surface area contributed by atoms with Crippen LogP contribution in [0.2, 0.25) is 0 Å². The molecule has 0 radical (unpaired) electrons. The van der Waals surface area contributed by atoms with Crippen LogP contribution in [-0.4, -0.2) is 30.5 Å². The zero-order valence-corrected chi connectivity index (χ0v) is 22.5. The molecule has 0 atom stereocenters. The van der Waals surface area contributed by atoms with Crippen molar-refractivity contribution in [2.75, 3.05) is 0 Å². The third kappa shape index (κ3) is 13.0. The summed E-state index contributed by atoms with van der Waals surface area (Å²) in [4.78, 5) is 54.9. The summed E-state index contributed by atoms with van der Waals surface area (Å²) in [5.41, 5.74) is 6.46. The molecule has 0 saturated carbocycles. The summed E-state index contributed by atoms with van der Waals surface area (Å²) < 4.78 is 0. The van der Waals surface area contributed by atoms with Crippen LogP contribution in [0.15, 0.2) is 20.0 Å². The first-order valence-corrected chi connectivity index (χ1v) is 12.7. The van der Waals surface area contributed by atoms with Crippen LogP contribution in [-0.2, 0) is 32.3 Å². The van der Waals surface area contributed by atoms with E-state index in [-0.39, 0.29) is 13.1 Å². The Morgan fingerprint density at radius 3 is 1.31 bits per heavy atom. The van der Waals surface area contributed by atoms with Crippen molar-refractivity contribution in [1.29, 1.82) is 0 Å². The predicted molar refractivity (Wildman–Crippen MR) is 141 cm³/mol. The van der Waals surface area contributed by atoms with E-state index in [2.05, 4.69) is 26.9 Å². The molecule has 8 heteroatoms. The molecule has 0 amide bonds. The number of rotatable bonds is 16. The van der Waals surface area contributed by atoms with Gasteiger partial charge in [-0.1, -0.05) is 58.3 Å². The van der Waals surface area contributed by atoms with Gasteiger partial charge < -0.3 is 0 Å². The van der Waals surface area contributed by atoms with E-state index >= 15 is 0 Å². The maximum absolute atomic E-state index is 10.3. The van der Waals surface area contributed by atoms with Gasteiger partial charge in [-0.05, 0) is 73.9 Å². The molecule has 0 N–H and O–H groups in total. The minimum absolute atomic E-state index is 0.279. The molecule has 0 aromatic heterocycles. The van der Waals surface area contributed by atoms with E-state index < -0.39 is 6.17 Å². The van der Waals surface area contributed by atoms with Gasteiger partial charge >= 0.3 is 0 Å². The second-order valence-corrected chi connectivity index (χ2v) is 8.81. The fraction of sp³-hybridized carbons (Fsp3) is 0.643. The van der Waals surface area contributed by atoms with Crippen LogP contribution in [0.25, 0.3) is 0 Å². The molecule has 1 aromatic carbocycles. The molecule has 1 aromatic rings. The van der Waals surface area contributed by atoms with Crippen molar-refractivity contribution in [2.24, 2.45) is 20.0 Å². The summed E-state index contributed by atoms with van der Waals surface area (Å²) >= 11 is 0. The molecular weight excluding hydrogens is 456 g/mol. The number of aliphatic imine (C=N–C) groups is 4. The molecule has 0 saturated heterocycles. The van der Waals surface area contributed by atoms with Crippen LogP contribution in [0.1, 0.15) is 105 Å². The Morgan fingerprint density at radius 1 is 0.556 bits per heavy atom. The van der Waals surface area contributed by atoms with E-state index in [1.165, 1.54) is 68.2 Å². The normalized spacial score (nSPS) is 10.5. The van der Waals surface area contributed by atoms with Crippen molar-refractivity contribution in [3.63, 3.8) is 0 Å². The fourth-order valence-corrected chi connectivity index (χ4v) is 4.04. The minimum atomic E-state index is -0.565. The Hall–Kier alpha value is -3.26. The Bertz CT molecular complexity index is 927. The van der Waals surface area contributed by atoms with Gasteiger partial charge in [0.25, 0.3) is 0 Å². The summed E-state index contributed by atoms with van der Waals surface area (Å²) in [5, 5.41) is 0. The minimum Gasteiger partial charge on any atom is -0.211 e. The monoisotopic (exact) mass is 496 g/mol. The van der Waals surface area contributed by atoms with Crippen LogP contribution >= 0.6 is 0 Å². The Balaban J connectivity index is 0.000000681. The van der Waals surface area contributed by atoms with Gasteiger partial charge in [0.05, 0.1) is 13.1 Å². The SMILES string of the molecule is CCCCCCCCCCCC(N=C=O)N=C=O.Cc1c(C)c(C)c(CN=C=O)c(CN=C=O)c1C. The average molecular weight is 497 g/mol. The molecule has 0 heterocycles. The third-order valence-electron chi connectivity index (χ3n) is 6.53. The van der Waals surface area contributed by atoms with Crippen molar-refractivity contribution >= 4 is 24.3 Å². The Kier molecular flexibility index (Phi) is 19.2. The van der Waals surface area contributed by atoms with Gasteiger partial charge in [0, 0.05) is 0 Å². The molecular formula is C28H40N4O4. The highest BCUT2D eigenvalue weighted by Gasteiger charge is 2.14. The lowest BCUT2D eigenvalue weighted by Crippen LogP contribution is -2.05. The van der Waals surface area contributed by atoms with E-state index in [0.717, 1.165) is 35.1 Å². The molecule has 0 aliphatic heterocycles. The first-order chi connectivity index (χ1) is 17.4. The number of isocyanates is 4. The summed E-state index contributed by atoms with van der Waals surface area (Å²) in [6.45, 7) is 10.8. The van der Waals surface area contributed by atoms with Crippen molar-refractivity contribution in [3.05, 3.63) is 33.4 Å². The summed E-state index contributed by atoms with van der Waals surface area (Å²) in [6.07, 6.45) is 17.2. The van der Waals surface area contributed by atoms with Gasteiger partial charge in [-0.2, -0.15) is 9.98 Å². The fourth-order valence-electron chi connectivity index (χ4n) is 4.04. The van der Waals surface area contributed by atoms with Gasteiger partial charge in [-0.15, -0.1) is 0 Å². The van der Waals surface area contributed by atoms with Crippen LogP contribution in [0.4, 0.5) is 0 Å².